The topological polar surface area (TPSA) is 74.0 Å². The molecule has 19 heavy (non-hydrogen) atoms. The third-order valence-corrected chi connectivity index (χ3v) is 3.07. The molecule has 1 aliphatic heterocycles. The molecule has 1 aromatic carbocycles. The molecule has 0 saturated carbocycles. The lowest BCUT2D eigenvalue weighted by atomic mass is 10.1. The summed E-state index contributed by atoms with van der Waals surface area (Å²) in [5, 5.41) is 0. The molecular formula is C13H18N2O4. The molecule has 0 aromatic heterocycles. The average Bonchev–Trinajstić information content (AvgIpc) is 2.80. The van der Waals surface area contributed by atoms with Gasteiger partial charge in [-0.25, -0.2) is 4.79 Å². The van der Waals surface area contributed by atoms with Crippen LogP contribution in [0.15, 0.2) is 18.2 Å². The molecule has 104 valence electrons. The van der Waals surface area contributed by atoms with Gasteiger partial charge in [0.05, 0.1) is 20.8 Å². The van der Waals surface area contributed by atoms with Crippen LogP contribution < -0.4 is 15.2 Å². The quantitative estimate of drug-likeness (QED) is 0.865. The van der Waals surface area contributed by atoms with Crippen LogP contribution in [0.1, 0.15) is 11.7 Å². The number of hydrogen-bond donors (Lipinski definition) is 1. The number of hydrogen-bond acceptors (Lipinski definition) is 5. The highest BCUT2D eigenvalue weighted by Crippen LogP contribution is 2.33. The van der Waals surface area contributed by atoms with Crippen LogP contribution in [0.2, 0.25) is 0 Å². The van der Waals surface area contributed by atoms with Crippen molar-refractivity contribution in [1.29, 1.82) is 0 Å². The number of methoxy groups -OCH3 is 2. The summed E-state index contributed by atoms with van der Waals surface area (Å²) in [7, 11) is 3.15. The van der Waals surface area contributed by atoms with Crippen molar-refractivity contribution < 1.29 is 19.0 Å². The number of nitrogens with zero attached hydrogens (tertiary/aromatic N) is 1. The largest absolute Gasteiger partial charge is 0.493 e. The first-order valence-corrected chi connectivity index (χ1v) is 6.07. The molecule has 1 aromatic rings. The normalized spacial score (nSPS) is 18.4. The summed E-state index contributed by atoms with van der Waals surface area (Å²) in [4.78, 5) is 13.2. The van der Waals surface area contributed by atoms with Gasteiger partial charge in [-0.05, 0) is 17.7 Å². The number of amides is 1. The Balaban J connectivity index is 2.17. The number of carbonyl (C=O) groups is 1. The molecule has 1 saturated heterocycles. The number of rotatable bonds is 5. The van der Waals surface area contributed by atoms with E-state index in [-0.39, 0.29) is 12.2 Å². The van der Waals surface area contributed by atoms with Crippen molar-refractivity contribution >= 4 is 6.09 Å². The van der Waals surface area contributed by atoms with E-state index in [1.807, 2.05) is 12.1 Å². The van der Waals surface area contributed by atoms with E-state index in [1.165, 1.54) is 0 Å². The van der Waals surface area contributed by atoms with Crippen molar-refractivity contribution in [2.75, 3.05) is 33.9 Å². The zero-order valence-corrected chi connectivity index (χ0v) is 11.1. The fourth-order valence-corrected chi connectivity index (χ4v) is 2.07. The highest BCUT2D eigenvalue weighted by atomic mass is 16.6. The molecule has 1 amide bonds. The summed E-state index contributed by atoms with van der Waals surface area (Å²) in [6.45, 7) is 1.43. The van der Waals surface area contributed by atoms with Gasteiger partial charge in [-0.3, -0.25) is 0 Å². The molecule has 0 aliphatic carbocycles. The van der Waals surface area contributed by atoms with Crippen LogP contribution in [0.5, 0.6) is 11.5 Å². The highest BCUT2D eigenvalue weighted by Gasteiger charge is 2.32. The minimum absolute atomic E-state index is 0.293. The van der Waals surface area contributed by atoms with E-state index in [2.05, 4.69) is 0 Å². The molecule has 2 N–H and O–H groups in total. The van der Waals surface area contributed by atoms with E-state index in [9.17, 15) is 4.79 Å². The smallest absolute Gasteiger partial charge is 0.410 e. The summed E-state index contributed by atoms with van der Waals surface area (Å²) in [6, 6.07) is 5.49. The molecule has 2 rings (SSSR count). The van der Waals surface area contributed by atoms with E-state index >= 15 is 0 Å². The standard InChI is InChI=1S/C13H18N2O4/c1-17-10-4-3-9(7-11(10)18-2)12-8-15(6-5-14)13(16)19-12/h3-4,7,12H,5-6,8,14H2,1-2H3. The Bertz CT molecular complexity index is 464. The van der Waals surface area contributed by atoms with Gasteiger partial charge in [-0.2, -0.15) is 0 Å². The molecule has 0 bridgehead atoms. The van der Waals surface area contributed by atoms with Gasteiger partial charge in [0.15, 0.2) is 11.5 Å². The molecule has 1 heterocycles. The molecule has 1 atom stereocenters. The van der Waals surface area contributed by atoms with Crippen LogP contribution in [0, 0.1) is 0 Å². The second kappa shape index (κ2) is 5.79. The number of cyclic esters (lactones) is 1. The Labute approximate surface area is 112 Å². The molecule has 1 unspecified atom stereocenters. The Kier molecular flexibility index (Phi) is 4.11. The van der Waals surface area contributed by atoms with Gasteiger partial charge < -0.3 is 24.8 Å². The van der Waals surface area contributed by atoms with Gasteiger partial charge in [0.25, 0.3) is 0 Å². The van der Waals surface area contributed by atoms with Crippen LogP contribution in [0.3, 0.4) is 0 Å². The summed E-state index contributed by atoms with van der Waals surface area (Å²) < 4.78 is 15.7. The lowest BCUT2D eigenvalue weighted by molar-refractivity contribution is 0.133. The molecule has 6 heteroatoms. The van der Waals surface area contributed by atoms with Crippen LogP contribution >= 0.6 is 0 Å². The molecular weight excluding hydrogens is 248 g/mol. The van der Waals surface area contributed by atoms with Crippen LogP contribution in [-0.4, -0.2) is 44.8 Å². The number of ether oxygens (including phenoxy) is 3. The maximum Gasteiger partial charge on any atom is 0.410 e. The Morgan fingerprint density at radius 2 is 2.11 bits per heavy atom. The zero-order valence-electron chi connectivity index (χ0n) is 11.1. The van der Waals surface area contributed by atoms with Gasteiger partial charge in [0, 0.05) is 13.1 Å². The zero-order chi connectivity index (χ0) is 13.8. The van der Waals surface area contributed by atoms with E-state index in [4.69, 9.17) is 19.9 Å². The second-order valence-electron chi connectivity index (χ2n) is 4.22. The SMILES string of the molecule is COc1ccc(C2CN(CCN)C(=O)O2)cc1OC. The van der Waals surface area contributed by atoms with Crippen LogP contribution in [0.25, 0.3) is 0 Å². The van der Waals surface area contributed by atoms with E-state index in [1.54, 1.807) is 25.2 Å². The monoisotopic (exact) mass is 266 g/mol. The van der Waals surface area contributed by atoms with Crippen molar-refractivity contribution in [3.8, 4) is 11.5 Å². The van der Waals surface area contributed by atoms with Crippen LogP contribution in [0.4, 0.5) is 4.79 Å². The Morgan fingerprint density at radius 1 is 1.37 bits per heavy atom. The summed E-state index contributed by atoms with van der Waals surface area (Å²) in [5.41, 5.74) is 6.33. The minimum atomic E-state index is -0.328. The average molecular weight is 266 g/mol. The van der Waals surface area contributed by atoms with E-state index < -0.39 is 0 Å². The maximum absolute atomic E-state index is 11.6. The van der Waals surface area contributed by atoms with Crippen LogP contribution in [-0.2, 0) is 4.74 Å². The third kappa shape index (κ3) is 2.73. The fraction of sp³-hybridized carbons (Fsp3) is 0.462. The number of carbonyl (C=O) groups excluding carboxylic acids is 1. The minimum Gasteiger partial charge on any atom is -0.493 e. The first kappa shape index (κ1) is 13.5. The van der Waals surface area contributed by atoms with Gasteiger partial charge in [-0.1, -0.05) is 6.07 Å². The fourth-order valence-electron chi connectivity index (χ4n) is 2.07. The Hall–Kier alpha value is -1.95. The third-order valence-electron chi connectivity index (χ3n) is 3.07. The van der Waals surface area contributed by atoms with Gasteiger partial charge >= 0.3 is 6.09 Å². The molecule has 1 fully saturated rings. The molecule has 1 aliphatic rings. The van der Waals surface area contributed by atoms with Crippen molar-refractivity contribution in [2.45, 2.75) is 6.10 Å². The lowest BCUT2D eigenvalue weighted by Crippen LogP contribution is -2.30. The van der Waals surface area contributed by atoms with Gasteiger partial charge in [-0.15, -0.1) is 0 Å². The molecule has 6 nitrogen and oxygen atoms in total. The molecule has 0 spiro atoms. The number of benzene rings is 1. The van der Waals surface area contributed by atoms with Crippen molar-refractivity contribution in [3.05, 3.63) is 23.8 Å². The molecule has 0 radical (unpaired) electrons. The van der Waals surface area contributed by atoms with E-state index in [0.717, 1.165) is 5.56 Å². The van der Waals surface area contributed by atoms with Crippen molar-refractivity contribution in [3.63, 3.8) is 0 Å². The maximum atomic E-state index is 11.6. The van der Waals surface area contributed by atoms with Gasteiger partial charge in [0.2, 0.25) is 0 Å². The summed E-state index contributed by atoms with van der Waals surface area (Å²) in [5.74, 6) is 1.27. The summed E-state index contributed by atoms with van der Waals surface area (Å²) in [6.07, 6.45) is -0.621. The highest BCUT2D eigenvalue weighted by molar-refractivity contribution is 5.70. The summed E-state index contributed by atoms with van der Waals surface area (Å²) >= 11 is 0. The van der Waals surface area contributed by atoms with Gasteiger partial charge in [0.1, 0.15) is 6.10 Å². The first-order valence-electron chi connectivity index (χ1n) is 6.07. The first-order chi connectivity index (χ1) is 9.19. The van der Waals surface area contributed by atoms with E-state index in [0.29, 0.717) is 31.1 Å². The number of nitrogens with two attached hydrogens (primary N) is 1. The lowest BCUT2D eigenvalue weighted by Gasteiger charge is -2.13. The Morgan fingerprint density at radius 3 is 2.74 bits per heavy atom. The van der Waals surface area contributed by atoms with Crippen molar-refractivity contribution in [1.82, 2.24) is 4.90 Å². The van der Waals surface area contributed by atoms with Crippen molar-refractivity contribution in [2.24, 2.45) is 5.73 Å². The predicted octanol–water partition coefficient (Wildman–Crippen LogP) is 1.16. The predicted molar refractivity (Wildman–Crippen MR) is 69.4 cm³/mol. The second-order valence-corrected chi connectivity index (χ2v) is 4.22.